The van der Waals surface area contributed by atoms with Gasteiger partial charge in [-0.3, -0.25) is 10.3 Å². The Morgan fingerprint density at radius 1 is 1.00 bits per heavy atom. The van der Waals surface area contributed by atoms with Gasteiger partial charge in [0.15, 0.2) is 5.96 Å². The molecule has 2 aromatic rings. The number of hydrogen-bond acceptors (Lipinski definition) is 2. The van der Waals surface area contributed by atoms with E-state index in [1.807, 2.05) is 4.90 Å². The number of piperazine rings is 1. The maximum absolute atomic E-state index is 7.47. The highest BCUT2D eigenvalue weighted by Gasteiger charge is 2.18. The molecule has 0 spiro atoms. The topological polar surface area (TPSA) is 56.4 Å². The molecule has 1 aliphatic heterocycles. The van der Waals surface area contributed by atoms with Gasteiger partial charge in [-0.05, 0) is 16.3 Å². The van der Waals surface area contributed by atoms with Crippen LogP contribution in [0.2, 0.25) is 0 Å². The Balaban J connectivity index is 0.00000161. The third-order valence-electron chi connectivity index (χ3n) is 3.99. The predicted molar refractivity (Wildman–Crippen MR) is 98.1 cm³/mol. The van der Waals surface area contributed by atoms with Gasteiger partial charge in [0.1, 0.15) is 0 Å². The van der Waals surface area contributed by atoms with Gasteiger partial charge in [-0.15, -0.1) is 24.0 Å². The van der Waals surface area contributed by atoms with E-state index in [-0.39, 0.29) is 29.9 Å². The monoisotopic (exact) mass is 396 g/mol. The van der Waals surface area contributed by atoms with E-state index < -0.39 is 0 Å². The number of guanidine groups is 1. The van der Waals surface area contributed by atoms with Crippen molar-refractivity contribution >= 4 is 40.7 Å². The lowest BCUT2D eigenvalue weighted by atomic mass is 10.0. The van der Waals surface area contributed by atoms with Crippen molar-refractivity contribution in [1.29, 1.82) is 5.41 Å². The summed E-state index contributed by atoms with van der Waals surface area (Å²) in [5.41, 5.74) is 6.90. The molecule has 0 saturated carbocycles. The Kier molecular flexibility index (Phi) is 5.41. The first-order chi connectivity index (χ1) is 9.74. The molecule has 3 N–H and O–H groups in total. The van der Waals surface area contributed by atoms with E-state index in [4.69, 9.17) is 11.1 Å². The van der Waals surface area contributed by atoms with Crippen LogP contribution in [0.5, 0.6) is 0 Å². The SMILES string of the molecule is I.N=C(N)N1CCN(Cc2cccc3ccccc23)CC1. The minimum Gasteiger partial charge on any atom is -0.370 e. The summed E-state index contributed by atoms with van der Waals surface area (Å²) in [6.07, 6.45) is 0. The molecule has 1 fully saturated rings. The third kappa shape index (κ3) is 3.65. The number of rotatable bonds is 2. The zero-order valence-electron chi connectivity index (χ0n) is 12.0. The van der Waals surface area contributed by atoms with Crippen molar-refractivity contribution < 1.29 is 0 Å². The molecule has 21 heavy (non-hydrogen) atoms. The highest BCUT2D eigenvalue weighted by atomic mass is 127. The molecule has 112 valence electrons. The summed E-state index contributed by atoms with van der Waals surface area (Å²) in [5.74, 6) is 0.190. The average Bonchev–Trinajstić information content (AvgIpc) is 2.48. The van der Waals surface area contributed by atoms with E-state index in [1.54, 1.807) is 0 Å². The lowest BCUT2D eigenvalue weighted by Crippen LogP contribution is -2.50. The maximum Gasteiger partial charge on any atom is 0.188 e. The van der Waals surface area contributed by atoms with E-state index in [1.165, 1.54) is 16.3 Å². The Hall–Kier alpha value is -1.34. The second kappa shape index (κ2) is 7.09. The fourth-order valence-electron chi connectivity index (χ4n) is 2.82. The Labute approximate surface area is 142 Å². The van der Waals surface area contributed by atoms with Crippen LogP contribution >= 0.6 is 24.0 Å². The number of nitrogens with zero attached hydrogens (tertiary/aromatic N) is 2. The number of halogens is 1. The van der Waals surface area contributed by atoms with E-state index in [9.17, 15) is 0 Å². The van der Waals surface area contributed by atoms with Gasteiger partial charge in [0.2, 0.25) is 0 Å². The van der Waals surface area contributed by atoms with E-state index in [0.717, 1.165) is 32.7 Å². The van der Waals surface area contributed by atoms with Gasteiger partial charge in [-0.1, -0.05) is 42.5 Å². The molecule has 0 bridgehead atoms. The molecule has 0 amide bonds. The van der Waals surface area contributed by atoms with Crippen LogP contribution in [0.1, 0.15) is 5.56 Å². The fourth-order valence-corrected chi connectivity index (χ4v) is 2.82. The Morgan fingerprint density at radius 3 is 2.38 bits per heavy atom. The molecule has 0 aromatic heterocycles. The van der Waals surface area contributed by atoms with Crippen LogP contribution in [0.15, 0.2) is 42.5 Å². The number of nitrogens with two attached hydrogens (primary N) is 1. The molecule has 0 radical (unpaired) electrons. The van der Waals surface area contributed by atoms with Crippen LogP contribution in [0.3, 0.4) is 0 Å². The van der Waals surface area contributed by atoms with Crippen LogP contribution in [-0.4, -0.2) is 41.9 Å². The van der Waals surface area contributed by atoms with Crippen molar-refractivity contribution in [3.63, 3.8) is 0 Å². The Morgan fingerprint density at radius 2 is 1.67 bits per heavy atom. The van der Waals surface area contributed by atoms with Crippen molar-refractivity contribution in [2.75, 3.05) is 26.2 Å². The molecule has 1 saturated heterocycles. The van der Waals surface area contributed by atoms with Gasteiger partial charge in [-0.25, -0.2) is 0 Å². The number of nitrogens with one attached hydrogen (secondary N) is 1. The summed E-state index contributed by atoms with van der Waals surface area (Å²) < 4.78 is 0. The number of benzene rings is 2. The third-order valence-corrected chi connectivity index (χ3v) is 3.99. The molecule has 1 aliphatic rings. The van der Waals surface area contributed by atoms with Gasteiger partial charge in [0.05, 0.1) is 0 Å². The van der Waals surface area contributed by atoms with Crippen molar-refractivity contribution in [2.24, 2.45) is 5.73 Å². The van der Waals surface area contributed by atoms with Gasteiger partial charge in [-0.2, -0.15) is 0 Å². The number of hydrogen-bond donors (Lipinski definition) is 2. The molecule has 1 heterocycles. The first-order valence-corrected chi connectivity index (χ1v) is 7.02. The van der Waals surface area contributed by atoms with E-state index in [2.05, 4.69) is 47.4 Å². The van der Waals surface area contributed by atoms with Crippen LogP contribution in [0, 0.1) is 5.41 Å². The van der Waals surface area contributed by atoms with Crippen molar-refractivity contribution in [3.8, 4) is 0 Å². The lowest BCUT2D eigenvalue weighted by molar-refractivity contribution is 0.174. The fraction of sp³-hybridized carbons (Fsp3) is 0.312. The standard InChI is InChI=1S/C16H20N4.HI/c17-16(18)20-10-8-19(9-11-20)12-14-6-3-5-13-4-1-2-7-15(13)14;/h1-7H,8-12H2,(H3,17,18);1H. The summed E-state index contributed by atoms with van der Waals surface area (Å²) in [5, 5.41) is 10.1. The average molecular weight is 396 g/mol. The molecule has 0 aliphatic carbocycles. The van der Waals surface area contributed by atoms with Gasteiger partial charge < -0.3 is 10.6 Å². The van der Waals surface area contributed by atoms with Crippen LogP contribution < -0.4 is 5.73 Å². The van der Waals surface area contributed by atoms with Crippen LogP contribution in [0.25, 0.3) is 10.8 Å². The minimum absolute atomic E-state index is 0. The van der Waals surface area contributed by atoms with E-state index in [0.29, 0.717) is 0 Å². The second-order valence-electron chi connectivity index (χ2n) is 5.29. The molecule has 0 unspecified atom stereocenters. The minimum atomic E-state index is 0. The molecule has 4 nitrogen and oxygen atoms in total. The second-order valence-corrected chi connectivity index (χ2v) is 5.29. The largest absolute Gasteiger partial charge is 0.370 e. The lowest BCUT2D eigenvalue weighted by Gasteiger charge is -2.35. The zero-order valence-corrected chi connectivity index (χ0v) is 14.3. The number of fused-ring (bicyclic) bond motifs is 1. The first-order valence-electron chi connectivity index (χ1n) is 7.02. The first kappa shape index (κ1) is 16.0. The highest BCUT2D eigenvalue weighted by Crippen LogP contribution is 2.20. The maximum atomic E-state index is 7.47. The summed E-state index contributed by atoms with van der Waals surface area (Å²) >= 11 is 0. The summed E-state index contributed by atoms with van der Waals surface area (Å²) in [6, 6.07) is 15.0. The zero-order chi connectivity index (χ0) is 13.9. The van der Waals surface area contributed by atoms with Crippen LogP contribution in [0.4, 0.5) is 0 Å². The molecule has 3 rings (SSSR count). The van der Waals surface area contributed by atoms with Gasteiger partial charge >= 0.3 is 0 Å². The van der Waals surface area contributed by atoms with Crippen molar-refractivity contribution in [3.05, 3.63) is 48.0 Å². The summed E-state index contributed by atoms with van der Waals surface area (Å²) in [7, 11) is 0. The summed E-state index contributed by atoms with van der Waals surface area (Å²) in [4.78, 5) is 4.36. The summed E-state index contributed by atoms with van der Waals surface area (Å²) in [6.45, 7) is 4.58. The Bertz CT molecular complexity index is 615. The predicted octanol–water partition coefficient (Wildman–Crippen LogP) is 2.47. The van der Waals surface area contributed by atoms with Crippen molar-refractivity contribution in [1.82, 2.24) is 9.80 Å². The molecule has 5 heteroatoms. The molecule has 0 atom stereocenters. The van der Waals surface area contributed by atoms with E-state index >= 15 is 0 Å². The molecular weight excluding hydrogens is 375 g/mol. The van der Waals surface area contributed by atoms with Gasteiger partial charge in [0, 0.05) is 32.7 Å². The van der Waals surface area contributed by atoms with Gasteiger partial charge in [0.25, 0.3) is 0 Å². The highest BCUT2D eigenvalue weighted by molar-refractivity contribution is 14.0. The smallest absolute Gasteiger partial charge is 0.188 e. The molecule has 2 aromatic carbocycles. The normalized spacial score (nSPS) is 15.7. The quantitative estimate of drug-likeness (QED) is 0.466. The van der Waals surface area contributed by atoms with Crippen LogP contribution in [-0.2, 0) is 6.54 Å². The van der Waals surface area contributed by atoms with Crippen molar-refractivity contribution in [2.45, 2.75) is 6.54 Å². The molecular formula is C16H21IN4.